The van der Waals surface area contributed by atoms with Crippen LogP contribution in [0, 0.1) is 0 Å². The Labute approximate surface area is 146 Å². The first-order valence-electron chi connectivity index (χ1n) is 7.84. The molecule has 0 saturated carbocycles. The van der Waals surface area contributed by atoms with Gasteiger partial charge < -0.3 is 9.64 Å². The van der Waals surface area contributed by atoms with E-state index in [-0.39, 0.29) is 18.4 Å². The quantitative estimate of drug-likeness (QED) is 0.817. The zero-order chi connectivity index (χ0) is 17.3. The monoisotopic (exact) mass is 342 g/mol. The maximum Gasteiger partial charge on any atom is 0.233 e. The molecule has 0 aliphatic carbocycles. The van der Waals surface area contributed by atoms with Gasteiger partial charge in [0.05, 0.1) is 30.6 Å². The van der Waals surface area contributed by atoms with Crippen molar-refractivity contribution < 1.29 is 9.53 Å². The fourth-order valence-corrected chi connectivity index (χ4v) is 3.13. The van der Waals surface area contributed by atoms with Crippen molar-refractivity contribution in [2.75, 3.05) is 12.0 Å². The maximum absolute atomic E-state index is 12.9. The highest BCUT2D eigenvalue weighted by Crippen LogP contribution is 2.37. The molecule has 0 saturated heterocycles. The van der Waals surface area contributed by atoms with Gasteiger partial charge in [0.15, 0.2) is 0 Å². The van der Waals surface area contributed by atoms with Crippen molar-refractivity contribution in [2.45, 2.75) is 26.3 Å². The molecule has 2 aromatic carbocycles. The molecule has 4 nitrogen and oxygen atoms in total. The van der Waals surface area contributed by atoms with Crippen LogP contribution in [0.3, 0.4) is 0 Å². The van der Waals surface area contributed by atoms with Gasteiger partial charge in [-0.25, -0.2) is 0 Å². The first kappa shape index (κ1) is 16.5. The molecule has 1 aliphatic heterocycles. The minimum absolute atomic E-state index is 0.00401. The fourth-order valence-electron chi connectivity index (χ4n) is 2.88. The molecule has 1 amide bonds. The van der Waals surface area contributed by atoms with E-state index >= 15 is 0 Å². The van der Waals surface area contributed by atoms with Gasteiger partial charge in [-0.1, -0.05) is 29.8 Å². The highest BCUT2D eigenvalue weighted by atomic mass is 35.5. The molecule has 0 N–H and O–H groups in total. The van der Waals surface area contributed by atoms with Crippen LogP contribution in [-0.4, -0.2) is 24.8 Å². The van der Waals surface area contributed by atoms with E-state index in [0.29, 0.717) is 16.5 Å². The van der Waals surface area contributed by atoms with Crippen molar-refractivity contribution in [3.8, 4) is 5.75 Å². The minimum atomic E-state index is -0.00401. The number of nitrogens with zero attached hydrogens (tertiary/aromatic N) is 2. The zero-order valence-electron chi connectivity index (χ0n) is 13.9. The van der Waals surface area contributed by atoms with E-state index < -0.39 is 0 Å². The second-order valence-electron chi connectivity index (χ2n) is 5.93. The van der Waals surface area contributed by atoms with E-state index in [1.54, 1.807) is 12.0 Å². The smallest absolute Gasteiger partial charge is 0.233 e. The average Bonchev–Trinajstić information content (AvgIpc) is 2.70. The van der Waals surface area contributed by atoms with E-state index in [1.807, 2.05) is 56.3 Å². The molecule has 0 fully saturated rings. The van der Waals surface area contributed by atoms with Crippen molar-refractivity contribution in [3.63, 3.8) is 0 Å². The number of fused-ring (bicyclic) bond motifs is 1. The molecule has 124 valence electrons. The lowest BCUT2D eigenvalue weighted by molar-refractivity contribution is -0.117. The van der Waals surface area contributed by atoms with Gasteiger partial charge in [-0.3, -0.25) is 9.79 Å². The molecular formula is C19H19ClN2O2. The van der Waals surface area contributed by atoms with Crippen LogP contribution in [-0.2, 0) is 4.79 Å². The summed E-state index contributed by atoms with van der Waals surface area (Å²) in [4.78, 5) is 19.4. The number of carbonyl (C=O) groups excluding carboxylic acids is 1. The summed E-state index contributed by atoms with van der Waals surface area (Å²) in [6, 6.07) is 13.1. The predicted molar refractivity (Wildman–Crippen MR) is 97.9 cm³/mol. The number of halogens is 1. The van der Waals surface area contributed by atoms with Gasteiger partial charge in [-0.05, 0) is 32.0 Å². The summed E-state index contributed by atoms with van der Waals surface area (Å²) >= 11 is 6.31. The molecule has 0 aromatic heterocycles. The van der Waals surface area contributed by atoms with Crippen molar-refractivity contribution in [1.29, 1.82) is 0 Å². The highest BCUT2D eigenvalue weighted by Gasteiger charge is 2.27. The van der Waals surface area contributed by atoms with Crippen LogP contribution in [0.1, 0.15) is 25.8 Å². The first-order valence-corrected chi connectivity index (χ1v) is 8.21. The number of carbonyl (C=O) groups is 1. The number of rotatable bonds is 3. The fraction of sp³-hybridized carbons (Fsp3) is 0.263. The van der Waals surface area contributed by atoms with Crippen LogP contribution in [0.15, 0.2) is 47.5 Å². The van der Waals surface area contributed by atoms with Crippen LogP contribution < -0.4 is 9.64 Å². The average molecular weight is 343 g/mol. The largest absolute Gasteiger partial charge is 0.497 e. The Morgan fingerprint density at radius 1 is 1.21 bits per heavy atom. The number of aliphatic imine (C=N–C) groups is 1. The van der Waals surface area contributed by atoms with E-state index in [0.717, 1.165) is 16.9 Å². The lowest BCUT2D eigenvalue weighted by Gasteiger charge is -2.26. The first-order chi connectivity index (χ1) is 11.5. The number of anilines is 1. The Morgan fingerprint density at radius 3 is 2.62 bits per heavy atom. The lowest BCUT2D eigenvalue weighted by atomic mass is 10.1. The minimum Gasteiger partial charge on any atom is -0.497 e. The van der Waals surface area contributed by atoms with E-state index in [9.17, 15) is 4.79 Å². The van der Waals surface area contributed by atoms with Crippen molar-refractivity contribution >= 4 is 34.6 Å². The number of hydrogen-bond acceptors (Lipinski definition) is 3. The Bertz CT molecular complexity index is 815. The van der Waals surface area contributed by atoms with Crippen LogP contribution in [0.2, 0.25) is 5.02 Å². The third-order valence-corrected chi connectivity index (χ3v) is 4.32. The summed E-state index contributed by atoms with van der Waals surface area (Å²) in [6.07, 6.45) is 0.207. The van der Waals surface area contributed by atoms with Crippen LogP contribution in [0.5, 0.6) is 5.75 Å². The molecule has 24 heavy (non-hydrogen) atoms. The van der Waals surface area contributed by atoms with Crippen molar-refractivity contribution in [3.05, 3.63) is 53.1 Å². The lowest BCUT2D eigenvalue weighted by Crippen LogP contribution is -2.37. The zero-order valence-corrected chi connectivity index (χ0v) is 14.7. The summed E-state index contributed by atoms with van der Waals surface area (Å²) in [6.45, 7) is 3.98. The Morgan fingerprint density at radius 2 is 1.96 bits per heavy atom. The number of methoxy groups -OCH3 is 1. The Hall–Kier alpha value is -2.33. The van der Waals surface area contributed by atoms with E-state index in [2.05, 4.69) is 0 Å². The molecule has 5 heteroatoms. The molecule has 0 radical (unpaired) electrons. The van der Waals surface area contributed by atoms with Crippen LogP contribution in [0.25, 0.3) is 0 Å². The summed E-state index contributed by atoms with van der Waals surface area (Å²) in [5, 5.41) is 0.595. The third kappa shape index (κ3) is 3.02. The van der Waals surface area contributed by atoms with Crippen molar-refractivity contribution in [2.24, 2.45) is 4.99 Å². The second-order valence-corrected chi connectivity index (χ2v) is 6.33. The number of amides is 1. The van der Waals surface area contributed by atoms with Gasteiger partial charge in [0, 0.05) is 22.7 Å². The van der Waals surface area contributed by atoms with Gasteiger partial charge in [0.2, 0.25) is 5.91 Å². The molecule has 0 atom stereocenters. The van der Waals surface area contributed by atoms with E-state index in [4.69, 9.17) is 21.3 Å². The van der Waals surface area contributed by atoms with Gasteiger partial charge >= 0.3 is 0 Å². The summed E-state index contributed by atoms with van der Waals surface area (Å²) in [7, 11) is 1.61. The van der Waals surface area contributed by atoms with Crippen molar-refractivity contribution in [1.82, 2.24) is 0 Å². The topological polar surface area (TPSA) is 41.9 Å². The Kier molecular flexibility index (Phi) is 4.58. The molecular weight excluding hydrogens is 324 g/mol. The predicted octanol–water partition coefficient (Wildman–Crippen LogP) is 4.61. The van der Waals surface area contributed by atoms with Crippen LogP contribution in [0.4, 0.5) is 11.4 Å². The van der Waals surface area contributed by atoms with Gasteiger partial charge in [0.25, 0.3) is 0 Å². The summed E-state index contributed by atoms with van der Waals surface area (Å²) < 4.78 is 5.31. The number of hydrogen-bond donors (Lipinski definition) is 0. The third-order valence-electron chi connectivity index (χ3n) is 3.99. The molecule has 0 unspecified atom stereocenters. The molecule has 1 heterocycles. The summed E-state index contributed by atoms with van der Waals surface area (Å²) in [5.41, 5.74) is 2.97. The van der Waals surface area contributed by atoms with Gasteiger partial charge in [0.1, 0.15) is 5.75 Å². The maximum atomic E-state index is 12.9. The molecule has 3 rings (SSSR count). The Balaban J connectivity index is 2.18. The van der Waals surface area contributed by atoms with E-state index in [1.165, 1.54) is 0 Å². The molecule has 2 aromatic rings. The number of ether oxygens (including phenoxy) is 1. The highest BCUT2D eigenvalue weighted by molar-refractivity contribution is 6.35. The SMILES string of the molecule is COc1ccc2c(c1)N(C(C)C)C(=O)CC(c1ccccc1Cl)=N2. The normalized spacial score (nSPS) is 14.3. The summed E-state index contributed by atoms with van der Waals surface area (Å²) in [5.74, 6) is 0.694. The molecule has 0 bridgehead atoms. The van der Waals surface area contributed by atoms with Gasteiger partial charge in [-0.15, -0.1) is 0 Å². The van der Waals surface area contributed by atoms with Gasteiger partial charge in [-0.2, -0.15) is 0 Å². The second kappa shape index (κ2) is 6.65. The van der Waals surface area contributed by atoms with Crippen LogP contribution >= 0.6 is 11.6 Å². The number of benzene rings is 2. The molecule has 1 aliphatic rings. The standard InChI is InChI=1S/C19H19ClN2O2/c1-12(2)22-18-10-13(24-3)8-9-16(18)21-17(11-19(22)23)14-6-4-5-7-15(14)20/h4-10,12H,11H2,1-3H3. The molecule has 0 spiro atoms.